The van der Waals surface area contributed by atoms with Crippen molar-refractivity contribution in [3.8, 4) is 5.69 Å². The first-order valence-corrected chi connectivity index (χ1v) is 7.09. The molecule has 0 aliphatic carbocycles. The van der Waals surface area contributed by atoms with Crippen LogP contribution in [0.3, 0.4) is 0 Å². The summed E-state index contributed by atoms with van der Waals surface area (Å²) in [6, 6.07) is 16.7. The van der Waals surface area contributed by atoms with Crippen molar-refractivity contribution in [2.24, 2.45) is 0 Å². The molecule has 116 valence electrons. The average Bonchev–Trinajstić information content (AvgIpc) is 2.99. The molecular weight excluding hydrogens is 294 g/mol. The van der Waals surface area contributed by atoms with Gasteiger partial charge in [-0.05, 0) is 18.2 Å². The number of carbonyl (C=O) groups excluding carboxylic acids is 2. The lowest BCUT2D eigenvalue weighted by Crippen LogP contribution is -2.31. The Hall–Kier alpha value is -3.15. The summed E-state index contributed by atoms with van der Waals surface area (Å²) in [5.74, 6) is -0.888. The molecule has 0 saturated carbocycles. The lowest BCUT2D eigenvalue weighted by atomic mass is 10.2. The molecular formula is C17H15N3O3. The Labute approximate surface area is 132 Å². The number of hydrogen-bond acceptors (Lipinski definition) is 4. The van der Waals surface area contributed by atoms with Gasteiger partial charge in [0.05, 0.1) is 18.3 Å². The van der Waals surface area contributed by atoms with E-state index in [9.17, 15) is 9.59 Å². The molecule has 3 aromatic rings. The molecule has 6 nitrogen and oxygen atoms in total. The molecule has 0 bridgehead atoms. The Morgan fingerprint density at radius 1 is 1.09 bits per heavy atom. The van der Waals surface area contributed by atoms with E-state index in [1.54, 1.807) is 4.68 Å². The summed E-state index contributed by atoms with van der Waals surface area (Å²) in [7, 11) is 1.28. The molecule has 0 atom stereocenters. The van der Waals surface area contributed by atoms with Crippen molar-refractivity contribution in [3.63, 3.8) is 0 Å². The van der Waals surface area contributed by atoms with Crippen LogP contribution in [0.4, 0.5) is 0 Å². The summed E-state index contributed by atoms with van der Waals surface area (Å²) in [5.41, 5.74) is 1.86. The van der Waals surface area contributed by atoms with E-state index in [0.717, 1.165) is 11.1 Å². The molecule has 0 aliphatic rings. The number of ether oxygens (including phenoxy) is 1. The van der Waals surface area contributed by atoms with Crippen LogP contribution in [-0.4, -0.2) is 35.3 Å². The van der Waals surface area contributed by atoms with Gasteiger partial charge in [-0.2, -0.15) is 5.10 Å². The van der Waals surface area contributed by atoms with Gasteiger partial charge in [-0.15, -0.1) is 0 Å². The summed E-state index contributed by atoms with van der Waals surface area (Å²) in [4.78, 5) is 23.8. The standard InChI is InChI=1S/C17H15N3O3/c1-23-15(21)11-18-17(22)16-13-9-5-6-10-14(13)19-20(16)12-7-3-2-4-8-12/h2-10H,11H2,1H3,(H,18,22). The molecule has 1 aromatic heterocycles. The highest BCUT2D eigenvalue weighted by Gasteiger charge is 2.19. The zero-order valence-corrected chi connectivity index (χ0v) is 12.5. The van der Waals surface area contributed by atoms with Crippen LogP contribution in [0.2, 0.25) is 0 Å². The summed E-state index contributed by atoms with van der Waals surface area (Å²) in [5, 5.41) is 7.78. The normalized spacial score (nSPS) is 10.5. The van der Waals surface area contributed by atoms with Crippen molar-refractivity contribution in [3.05, 3.63) is 60.3 Å². The van der Waals surface area contributed by atoms with Crippen LogP contribution >= 0.6 is 0 Å². The minimum atomic E-state index is -0.506. The van der Waals surface area contributed by atoms with Crippen LogP contribution in [0.15, 0.2) is 54.6 Å². The number of esters is 1. The Morgan fingerprint density at radius 2 is 1.78 bits per heavy atom. The molecule has 1 heterocycles. The second kappa shape index (κ2) is 6.31. The Bertz CT molecular complexity index is 856. The predicted octanol–water partition coefficient (Wildman–Crippen LogP) is 1.93. The minimum absolute atomic E-state index is 0.191. The summed E-state index contributed by atoms with van der Waals surface area (Å²) in [6.45, 7) is -0.191. The molecule has 0 fully saturated rings. The second-order valence-corrected chi connectivity index (χ2v) is 4.87. The van der Waals surface area contributed by atoms with Gasteiger partial charge in [-0.25, -0.2) is 4.68 Å². The topological polar surface area (TPSA) is 73.2 Å². The number of benzene rings is 2. The Morgan fingerprint density at radius 3 is 2.52 bits per heavy atom. The number of amides is 1. The van der Waals surface area contributed by atoms with Crippen molar-refractivity contribution >= 4 is 22.8 Å². The van der Waals surface area contributed by atoms with Crippen molar-refractivity contribution < 1.29 is 14.3 Å². The van der Waals surface area contributed by atoms with E-state index in [2.05, 4.69) is 15.2 Å². The van der Waals surface area contributed by atoms with Crippen LogP contribution in [0, 0.1) is 0 Å². The second-order valence-electron chi connectivity index (χ2n) is 4.87. The molecule has 0 aliphatic heterocycles. The largest absolute Gasteiger partial charge is 0.468 e. The predicted molar refractivity (Wildman–Crippen MR) is 85.4 cm³/mol. The molecule has 0 spiro atoms. The summed E-state index contributed by atoms with van der Waals surface area (Å²) >= 11 is 0. The molecule has 1 amide bonds. The zero-order valence-electron chi connectivity index (χ0n) is 12.5. The molecule has 0 unspecified atom stereocenters. The number of nitrogens with one attached hydrogen (secondary N) is 1. The van der Waals surface area contributed by atoms with E-state index in [4.69, 9.17) is 0 Å². The summed E-state index contributed by atoms with van der Waals surface area (Å²) < 4.78 is 6.12. The molecule has 6 heteroatoms. The van der Waals surface area contributed by atoms with Crippen molar-refractivity contribution in [2.75, 3.05) is 13.7 Å². The monoisotopic (exact) mass is 309 g/mol. The van der Waals surface area contributed by atoms with Crippen LogP contribution in [-0.2, 0) is 9.53 Å². The van der Waals surface area contributed by atoms with Crippen molar-refractivity contribution in [1.82, 2.24) is 15.1 Å². The molecule has 23 heavy (non-hydrogen) atoms. The SMILES string of the molecule is COC(=O)CNC(=O)c1c2ccccc2nn1-c1ccccc1. The number of aromatic nitrogens is 2. The molecule has 3 rings (SSSR count). The van der Waals surface area contributed by atoms with E-state index in [0.29, 0.717) is 11.2 Å². The smallest absolute Gasteiger partial charge is 0.325 e. The first kappa shape index (κ1) is 14.8. The number of rotatable bonds is 4. The molecule has 2 aromatic carbocycles. The van der Waals surface area contributed by atoms with Gasteiger partial charge in [0, 0.05) is 5.39 Å². The van der Waals surface area contributed by atoms with Gasteiger partial charge in [0.15, 0.2) is 0 Å². The average molecular weight is 309 g/mol. The maximum atomic E-state index is 12.6. The third kappa shape index (κ3) is 2.91. The number of carbonyl (C=O) groups is 2. The van der Waals surface area contributed by atoms with Gasteiger partial charge in [0.1, 0.15) is 12.2 Å². The lowest BCUT2D eigenvalue weighted by molar-refractivity contribution is -0.139. The number of fused-ring (bicyclic) bond motifs is 1. The lowest BCUT2D eigenvalue weighted by Gasteiger charge is -2.08. The number of nitrogens with zero attached hydrogens (tertiary/aromatic N) is 2. The zero-order chi connectivity index (χ0) is 16.2. The van der Waals surface area contributed by atoms with Gasteiger partial charge >= 0.3 is 5.97 Å². The third-order valence-corrected chi connectivity index (χ3v) is 3.42. The maximum absolute atomic E-state index is 12.6. The van der Waals surface area contributed by atoms with Gasteiger partial charge in [-0.1, -0.05) is 36.4 Å². The Kier molecular flexibility index (Phi) is 4.05. The van der Waals surface area contributed by atoms with E-state index >= 15 is 0 Å². The first-order chi connectivity index (χ1) is 11.2. The minimum Gasteiger partial charge on any atom is -0.468 e. The van der Waals surface area contributed by atoms with Gasteiger partial charge in [0.2, 0.25) is 0 Å². The highest BCUT2D eigenvalue weighted by atomic mass is 16.5. The molecule has 0 saturated heterocycles. The number of methoxy groups -OCH3 is 1. The fourth-order valence-electron chi connectivity index (χ4n) is 2.32. The van der Waals surface area contributed by atoms with Crippen LogP contribution in [0.25, 0.3) is 16.6 Å². The van der Waals surface area contributed by atoms with E-state index in [1.807, 2.05) is 54.6 Å². The van der Waals surface area contributed by atoms with Crippen molar-refractivity contribution in [1.29, 1.82) is 0 Å². The fraction of sp³-hybridized carbons (Fsp3) is 0.118. The quantitative estimate of drug-likeness (QED) is 0.747. The van der Waals surface area contributed by atoms with E-state index in [-0.39, 0.29) is 12.5 Å². The van der Waals surface area contributed by atoms with Crippen LogP contribution < -0.4 is 5.32 Å². The fourth-order valence-corrected chi connectivity index (χ4v) is 2.32. The molecule has 0 radical (unpaired) electrons. The van der Waals surface area contributed by atoms with Crippen LogP contribution in [0.5, 0.6) is 0 Å². The third-order valence-electron chi connectivity index (χ3n) is 3.42. The summed E-state index contributed by atoms with van der Waals surface area (Å²) in [6.07, 6.45) is 0. The number of para-hydroxylation sites is 1. The van der Waals surface area contributed by atoms with Crippen molar-refractivity contribution in [2.45, 2.75) is 0 Å². The number of hydrogen-bond donors (Lipinski definition) is 1. The van der Waals surface area contributed by atoms with E-state index in [1.165, 1.54) is 7.11 Å². The highest BCUT2D eigenvalue weighted by molar-refractivity contribution is 6.06. The molecule has 1 N–H and O–H groups in total. The maximum Gasteiger partial charge on any atom is 0.325 e. The van der Waals surface area contributed by atoms with Crippen LogP contribution in [0.1, 0.15) is 10.5 Å². The van der Waals surface area contributed by atoms with E-state index < -0.39 is 5.97 Å². The van der Waals surface area contributed by atoms with Gasteiger partial charge in [-0.3, -0.25) is 9.59 Å². The Balaban J connectivity index is 2.06. The highest BCUT2D eigenvalue weighted by Crippen LogP contribution is 2.21. The van der Waals surface area contributed by atoms with Gasteiger partial charge < -0.3 is 10.1 Å². The first-order valence-electron chi connectivity index (χ1n) is 7.09. The van der Waals surface area contributed by atoms with Gasteiger partial charge in [0.25, 0.3) is 5.91 Å².